The predicted molar refractivity (Wildman–Crippen MR) is 104 cm³/mol. The van der Waals surface area contributed by atoms with Crippen LogP contribution in [0.2, 0.25) is 0 Å². The summed E-state index contributed by atoms with van der Waals surface area (Å²) < 4.78 is 1.79. The van der Waals surface area contributed by atoms with Crippen LogP contribution in [0.25, 0.3) is 11.0 Å². The highest BCUT2D eigenvalue weighted by molar-refractivity contribution is 5.96. The normalized spacial score (nSPS) is 14.9. The monoisotopic (exact) mass is 379 g/mol. The van der Waals surface area contributed by atoms with Gasteiger partial charge in [-0.1, -0.05) is 12.1 Å². The van der Waals surface area contributed by atoms with Gasteiger partial charge in [0, 0.05) is 31.5 Å². The lowest BCUT2D eigenvalue weighted by Gasteiger charge is -2.32. The first kappa shape index (κ1) is 18.0. The summed E-state index contributed by atoms with van der Waals surface area (Å²) in [7, 11) is 0. The molecular formula is C20H21N5O3. The van der Waals surface area contributed by atoms with Gasteiger partial charge in [0.1, 0.15) is 0 Å². The number of amides is 2. The summed E-state index contributed by atoms with van der Waals surface area (Å²) >= 11 is 0. The number of benzene rings is 1. The molecule has 1 saturated heterocycles. The van der Waals surface area contributed by atoms with E-state index >= 15 is 0 Å². The van der Waals surface area contributed by atoms with Crippen molar-refractivity contribution >= 4 is 22.8 Å². The van der Waals surface area contributed by atoms with Crippen LogP contribution in [0.3, 0.4) is 0 Å². The van der Waals surface area contributed by atoms with E-state index in [1.807, 2.05) is 24.3 Å². The average molecular weight is 379 g/mol. The lowest BCUT2D eigenvalue weighted by Crippen LogP contribution is -2.45. The molecule has 4 rings (SSSR count). The van der Waals surface area contributed by atoms with Crippen molar-refractivity contribution in [3.8, 4) is 0 Å². The first-order valence-electron chi connectivity index (χ1n) is 9.29. The number of rotatable bonds is 4. The number of pyridine rings is 1. The summed E-state index contributed by atoms with van der Waals surface area (Å²) in [5.41, 5.74) is 2.02. The number of carbonyl (C=O) groups is 2. The van der Waals surface area contributed by atoms with Crippen LogP contribution in [0.4, 0.5) is 0 Å². The Kier molecular flexibility index (Phi) is 4.92. The van der Waals surface area contributed by atoms with Gasteiger partial charge >= 0.3 is 5.69 Å². The average Bonchev–Trinajstić information content (AvgIpc) is 3.08. The number of hydrogen-bond donors (Lipinski definition) is 2. The van der Waals surface area contributed by atoms with Crippen LogP contribution < -0.4 is 11.0 Å². The molecule has 0 bridgehead atoms. The fourth-order valence-corrected chi connectivity index (χ4v) is 3.68. The molecule has 0 aliphatic carbocycles. The lowest BCUT2D eigenvalue weighted by molar-refractivity contribution is -0.131. The van der Waals surface area contributed by atoms with Gasteiger partial charge in [-0.3, -0.25) is 19.1 Å². The summed E-state index contributed by atoms with van der Waals surface area (Å²) in [6.07, 6.45) is 4.45. The van der Waals surface area contributed by atoms with Crippen LogP contribution in [0, 0.1) is 0 Å². The summed E-state index contributed by atoms with van der Waals surface area (Å²) in [5, 5.41) is 2.64. The molecule has 2 amide bonds. The SMILES string of the molecule is O=C(NCC(=O)N1CCC(n2c(=O)[nH]c3ccccc32)CC1)c1cccnc1. The first-order chi connectivity index (χ1) is 13.6. The fourth-order valence-electron chi connectivity index (χ4n) is 3.68. The van der Waals surface area contributed by atoms with Crippen LogP contribution >= 0.6 is 0 Å². The molecule has 144 valence electrons. The zero-order valence-electron chi connectivity index (χ0n) is 15.3. The number of hydrogen-bond acceptors (Lipinski definition) is 4. The number of aromatic nitrogens is 3. The third-order valence-electron chi connectivity index (χ3n) is 5.13. The Hall–Kier alpha value is -3.42. The number of H-pyrrole nitrogens is 1. The second kappa shape index (κ2) is 7.67. The molecule has 0 saturated carbocycles. The van der Waals surface area contributed by atoms with E-state index in [1.165, 1.54) is 6.20 Å². The van der Waals surface area contributed by atoms with Crippen molar-refractivity contribution in [2.75, 3.05) is 19.6 Å². The summed E-state index contributed by atoms with van der Waals surface area (Å²) in [6.45, 7) is 1.06. The van der Waals surface area contributed by atoms with E-state index in [1.54, 1.807) is 27.8 Å². The molecule has 0 radical (unpaired) electrons. The molecule has 8 heteroatoms. The second-order valence-corrected chi connectivity index (χ2v) is 6.85. The minimum absolute atomic E-state index is 0.0502. The van der Waals surface area contributed by atoms with Crippen molar-refractivity contribution in [3.63, 3.8) is 0 Å². The van der Waals surface area contributed by atoms with Crippen LogP contribution in [0.1, 0.15) is 29.2 Å². The topological polar surface area (TPSA) is 100 Å². The second-order valence-electron chi connectivity index (χ2n) is 6.85. The number of likely N-dealkylation sites (tertiary alicyclic amines) is 1. The molecule has 0 atom stereocenters. The van der Waals surface area contributed by atoms with Gasteiger partial charge in [0.15, 0.2) is 0 Å². The van der Waals surface area contributed by atoms with E-state index in [2.05, 4.69) is 15.3 Å². The summed E-state index contributed by atoms with van der Waals surface area (Å²) in [4.78, 5) is 45.3. The third kappa shape index (κ3) is 3.53. The molecule has 3 aromatic rings. The lowest BCUT2D eigenvalue weighted by atomic mass is 10.0. The summed E-state index contributed by atoms with van der Waals surface area (Å²) in [6, 6.07) is 11.0. The molecule has 0 unspecified atom stereocenters. The van der Waals surface area contributed by atoms with Gasteiger partial charge in [-0.25, -0.2) is 4.79 Å². The van der Waals surface area contributed by atoms with E-state index in [0.29, 0.717) is 31.5 Å². The first-order valence-corrected chi connectivity index (χ1v) is 9.29. The molecule has 3 heterocycles. The summed E-state index contributed by atoms with van der Waals surface area (Å²) in [5.74, 6) is -0.441. The molecule has 28 heavy (non-hydrogen) atoms. The number of imidazole rings is 1. The van der Waals surface area contributed by atoms with Crippen molar-refractivity contribution in [2.24, 2.45) is 0 Å². The Labute approximate surface area is 161 Å². The minimum atomic E-state index is -0.318. The maximum absolute atomic E-state index is 12.4. The quantitative estimate of drug-likeness (QED) is 0.714. The Morgan fingerprint density at radius 2 is 1.93 bits per heavy atom. The molecule has 0 spiro atoms. The van der Waals surface area contributed by atoms with Gasteiger partial charge in [0.2, 0.25) is 5.91 Å². The molecule has 8 nitrogen and oxygen atoms in total. The van der Waals surface area contributed by atoms with Crippen LogP contribution in [-0.4, -0.2) is 50.9 Å². The molecule has 2 aromatic heterocycles. The van der Waals surface area contributed by atoms with Crippen molar-refractivity contribution in [1.82, 2.24) is 24.8 Å². The Bertz CT molecular complexity index is 1050. The van der Waals surface area contributed by atoms with Gasteiger partial charge in [-0.2, -0.15) is 0 Å². The number of fused-ring (bicyclic) bond motifs is 1. The van der Waals surface area contributed by atoms with E-state index < -0.39 is 0 Å². The number of piperidine rings is 1. The van der Waals surface area contributed by atoms with Crippen LogP contribution in [-0.2, 0) is 4.79 Å². The molecule has 1 aromatic carbocycles. The molecule has 2 N–H and O–H groups in total. The van der Waals surface area contributed by atoms with Gasteiger partial charge in [0.05, 0.1) is 23.1 Å². The minimum Gasteiger partial charge on any atom is -0.343 e. The van der Waals surface area contributed by atoms with E-state index in [9.17, 15) is 14.4 Å². The number of nitrogens with one attached hydrogen (secondary N) is 2. The van der Waals surface area contributed by atoms with Gasteiger partial charge in [-0.05, 0) is 37.1 Å². The smallest absolute Gasteiger partial charge is 0.326 e. The largest absolute Gasteiger partial charge is 0.343 e. The van der Waals surface area contributed by atoms with Crippen LogP contribution in [0.15, 0.2) is 53.6 Å². The Balaban J connectivity index is 1.35. The fraction of sp³-hybridized carbons (Fsp3) is 0.300. The van der Waals surface area contributed by atoms with Crippen molar-refractivity contribution in [1.29, 1.82) is 0 Å². The van der Waals surface area contributed by atoms with Crippen molar-refractivity contribution in [2.45, 2.75) is 18.9 Å². The zero-order chi connectivity index (χ0) is 19.5. The number of para-hydroxylation sites is 2. The van der Waals surface area contributed by atoms with Crippen LogP contribution in [0.5, 0.6) is 0 Å². The third-order valence-corrected chi connectivity index (χ3v) is 5.13. The van der Waals surface area contributed by atoms with Gasteiger partial charge < -0.3 is 15.2 Å². The van der Waals surface area contributed by atoms with Crippen molar-refractivity contribution in [3.05, 3.63) is 64.8 Å². The highest BCUT2D eigenvalue weighted by Crippen LogP contribution is 2.24. The highest BCUT2D eigenvalue weighted by Gasteiger charge is 2.26. The standard InChI is InChI=1S/C20H21N5O3/c26-18(13-22-19(27)14-4-3-9-21-12-14)24-10-7-15(8-11-24)25-17-6-2-1-5-16(17)23-20(25)28/h1-6,9,12,15H,7-8,10-11,13H2,(H,22,27)(H,23,28). The van der Waals surface area contributed by atoms with Gasteiger partial charge in [-0.15, -0.1) is 0 Å². The zero-order valence-corrected chi connectivity index (χ0v) is 15.3. The Morgan fingerprint density at radius 3 is 2.68 bits per heavy atom. The van der Waals surface area contributed by atoms with Gasteiger partial charge in [0.25, 0.3) is 5.91 Å². The highest BCUT2D eigenvalue weighted by atomic mass is 16.2. The molecule has 1 fully saturated rings. The molecule has 1 aliphatic heterocycles. The number of nitrogens with zero attached hydrogens (tertiary/aromatic N) is 3. The molecule has 1 aliphatic rings. The predicted octanol–water partition coefficient (Wildman–Crippen LogP) is 1.32. The maximum Gasteiger partial charge on any atom is 0.326 e. The van der Waals surface area contributed by atoms with E-state index in [4.69, 9.17) is 0 Å². The Morgan fingerprint density at radius 1 is 1.14 bits per heavy atom. The molecular weight excluding hydrogens is 358 g/mol. The van der Waals surface area contributed by atoms with E-state index in [-0.39, 0.29) is 30.1 Å². The van der Waals surface area contributed by atoms with Crippen molar-refractivity contribution < 1.29 is 9.59 Å². The number of aromatic amines is 1. The maximum atomic E-state index is 12.4. The van der Waals surface area contributed by atoms with E-state index in [0.717, 1.165) is 11.0 Å². The number of carbonyl (C=O) groups excluding carboxylic acids is 2.